The Morgan fingerprint density at radius 1 is 0.757 bits per heavy atom. The molecule has 0 fully saturated rings. The quantitative estimate of drug-likeness (QED) is 0.223. The van der Waals surface area contributed by atoms with E-state index in [0.717, 1.165) is 24.0 Å². The van der Waals surface area contributed by atoms with Crippen molar-refractivity contribution in [3.05, 3.63) is 106 Å². The maximum atomic E-state index is 13.2. The SMILES string of the molecule is O=C(CCn1c(SCC(=O)NCCc2ccccc2)nc2ccccc2c1=O)NCCc1ccccc1. The van der Waals surface area contributed by atoms with Gasteiger partial charge in [0.05, 0.1) is 16.7 Å². The van der Waals surface area contributed by atoms with Gasteiger partial charge in [0.15, 0.2) is 5.16 Å². The minimum Gasteiger partial charge on any atom is -0.356 e. The Balaban J connectivity index is 1.35. The number of thioether (sulfide) groups is 1. The molecule has 4 aromatic rings. The fraction of sp³-hybridized carbons (Fsp3) is 0.241. The highest BCUT2D eigenvalue weighted by atomic mass is 32.2. The standard InChI is InChI=1S/C29H30N4O3S/c34-26(30-18-15-22-9-3-1-4-10-22)17-20-33-28(36)24-13-7-8-14-25(24)32-29(33)37-21-27(35)31-19-16-23-11-5-2-6-12-23/h1-14H,15-21H2,(H,30,34)(H,31,35). The largest absolute Gasteiger partial charge is 0.356 e. The molecule has 7 nitrogen and oxygen atoms in total. The van der Waals surface area contributed by atoms with Crippen LogP contribution in [0.3, 0.4) is 0 Å². The molecule has 3 aromatic carbocycles. The van der Waals surface area contributed by atoms with E-state index < -0.39 is 0 Å². The molecule has 0 atom stereocenters. The summed E-state index contributed by atoms with van der Waals surface area (Å²) in [5.41, 5.74) is 2.67. The summed E-state index contributed by atoms with van der Waals surface area (Å²) in [6.07, 6.45) is 1.63. The van der Waals surface area contributed by atoms with E-state index in [1.54, 1.807) is 18.2 Å². The highest BCUT2D eigenvalue weighted by Gasteiger charge is 2.14. The summed E-state index contributed by atoms with van der Waals surface area (Å²) in [7, 11) is 0. The normalized spacial score (nSPS) is 10.8. The Bertz CT molecular complexity index is 1390. The molecule has 0 saturated carbocycles. The number of fused-ring (bicyclic) bond motifs is 1. The third kappa shape index (κ3) is 7.79. The van der Waals surface area contributed by atoms with Gasteiger partial charge in [-0.25, -0.2) is 4.98 Å². The van der Waals surface area contributed by atoms with Gasteiger partial charge in [0.25, 0.3) is 5.56 Å². The third-order valence-electron chi connectivity index (χ3n) is 5.88. The maximum absolute atomic E-state index is 13.2. The number of carbonyl (C=O) groups is 2. The molecule has 190 valence electrons. The Kier molecular flexibility index (Phi) is 9.48. The van der Waals surface area contributed by atoms with Crippen LogP contribution in [0.5, 0.6) is 0 Å². The van der Waals surface area contributed by atoms with E-state index in [4.69, 9.17) is 0 Å². The van der Waals surface area contributed by atoms with Crippen molar-refractivity contribution in [2.45, 2.75) is 31.0 Å². The summed E-state index contributed by atoms with van der Waals surface area (Å²) >= 11 is 1.21. The van der Waals surface area contributed by atoms with Crippen molar-refractivity contribution in [1.29, 1.82) is 0 Å². The fourth-order valence-electron chi connectivity index (χ4n) is 3.92. The van der Waals surface area contributed by atoms with Gasteiger partial charge >= 0.3 is 0 Å². The van der Waals surface area contributed by atoms with E-state index in [9.17, 15) is 14.4 Å². The van der Waals surface area contributed by atoms with Crippen molar-refractivity contribution in [1.82, 2.24) is 20.2 Å². The summed E-state index contributed by atoms with van der Waals surface area (Å²) in [5.74, 6) is -0.137. The number of hydrogen-bond acceptors (Lipinski definition) is 5. The van der Waals surface area contributed by atoms with Gasteiger partial charge in [-0.2, -0.15) is 0 Å². The highest BCUT2D eigenvalue weighted by molar-refractivity contribution is 7.99. The second-order valence-corrected chi connectivity index (χ2v) is 9.52. The maximum Gasteiger partial charge on any atom is 0.262 e. The monoisotopic (exact) mass is 514 g/mol. The summed E-state index contributed by atoms with van der Waals surface area (Å²) in [6, 6.07) is 27.0. The lowest BCUT2D eigenvalue weighted by molar-refractivity contribution is -0.121. The van der Waals surface area contributed by atoms with Crippen molar-refractivity contribution >= 4 is 34.5 Å². The zero-order valence-corrected chi connectivity index (χ0v) is 21.4. The van der Waals surface area contributed by atoms with Gasteiger partial charge in [0.2, 0.25) is 11.8 Å². The molecule has 2 amide bonds. The summed E-state index contributed by atoms with van der Waals surface area (Å²) in [6.45, 7) is 1.24. The lowest BCUT2D eigenvalue weighted by Crippen LogP contribution is -2.30. The van der Waals surface area contributed by atoms with Crippen molar-refractivity contribution in [3.63, 3.8) is 0 Å². The first-order valence-corrected chi connectivity index (χ1v) is 13.3. The third-order valence-corrected chi connectivity index (χ3v) is 6.86. The van der Waals surface area contributed by atoms with Crippen LogP contribution in [0.1, 0.15) is 17.5 Å². The zero-order valence-electron chi connectivity index (χ0n) is 20.6. The van der Waals surface area contributed by atoms with E-state index in [1.807, 2.05) is 66.7 Å². The second kappa shape index (κ2) is 13.4. The predicted octanol–water partition coefficient (Wildman–Crippen LogP) is 3.60. The number of benzene rings is 3. The average molecular weight is 515 g/mol. The van der Waals surface area contributed by atoms with Gasteiger partial charge in [0, 0.05) is 26.1 Å². The Morgan fingerprint density at radius 3 is 1.97 bits per heavy atom. The second-order valence-electron chi connectivity index (χ2n) is 8.58. The molecule has 37 heavy (non-hydrogen) atoms. The van der Waals surface area contributed by atoms with Gasteiger partial charge in [0.1, 0.15) is 0 Å². The van der Waals surface area contributed by atoms with Crippen molar-refractivity contribution in [2.75, 3.05) is 18.8 Å². The molecule has 8 heteroatoms. The number of nitrogens with one attached hydrogen (secondary N) is 2. The van der Waals surface area contributed by atoms with Gasteiger partial charge < -0.3 is 10.6 Å². The van der Waals surface area contributed by atoms with E-state index in [0.29, 0.717) is 29.1 Å². The fourth-order valence-corrected chi connectivity index (χ4v) is 4.77. The van der Waals surface area contributed by atoms with Gasteiger partial charge in [-0.15, -0.1) is 0 Å². The number of rotatable bonds is 12. The van der Waals surface area contributed by atoms with Crippen LogP contribution in [0.4, 0.5) is 0 Å². The molecular formula is C29H30N4O3S. The summed E-state index contributed by atoms with van der Waals surface area (Å²) < 4.78 is 1.50. The molecule has 0 aliphatic rings. The Labute approximate surface area is 220 Å². The van der Waals surface area contributed by atoms with Crippen molar-refractivity contribution in [3.8, 4) is 0 Å². The number of hydrogen-bond donors (Lipinski definition) is 2. The van der Waals surface area contributed by atoms with Crippen molar-refractivity contribution in [2.24, 2.45) is 0 Å². The van der Waals surface area contributed by atoms with Crippen LogP contribution >= 0.6 is 11.8 Å². The average Bonchev–Trinajstić information content (AvgIpc) is 2.93. The molecule has 0 saturated heterocycles. The van der Waals surface area contributed by atoms with E-state index in [2.05, 4.69) is 15.6 Å². The van der Waals surface area contributed by atoms with Gasteiger partial charge in [-0.3, -0.25) is 19.0 Å². The molecular weight excluding hydrogens is 484 g/mol. The topological polar surface area (TPSA) is 93.1 Å². The smallest absolute Gasteiger partial charge is 0.262 e. The van der Waals surface area contributed by atoms with Crippen LogP contribution in [-0.4, -0.2) is 40.2 Å². The van der Waals surface area contributed by atoms with E-state index in [-0.39, 0.29) is 36.1 Å². The lowest BCUT2D eigenvalue weighted by Gasteiger charge is -2.13. The molecule has 0 aliphatic heterocycles. The van der Waals surface area contributed by atoms with Crippen LogP contribution in [0.15, 0.2) is 94.9 Å². The van der Waals surface area contributed by atoms with Crippen LogP contribution < -0.4 is 16.2 Å². The molecule has 0 spiro atoms. The minimum absolute atomic E-state index is 0.128. The first kappa shape index (κ1) is 26.2. The summed E-state index contributed by atoms with van der Waals surface area (Å²) in [4.78, 5) is 42.8. The van der Waals surface area contributed by atoms with Crippen LogP contribution in [0, 0.1) is 0 Å². The first-order chi connectivity index (χ1) is 18.1. The molecule has 0 bridgehead atoms. The molecule has 1 heterocycles. The molecule has 2 N–H and O–H groups in total. The Morgan fingerprint density at radius 2 is 1.32 bits per heavy atom. The van der Waals surface area contributed by atoms with Crippen LogP contribution in [0.2, 0.25) is 0 Å². The van der Waals surface area contributed by atoms with Crippen LogP contribution in [0.25, 0.3) is 10.9 Å². The number of para-hydroxylation sites is 1. The number of nitrogens with zero attached hydrogens (tertiary/aromatic N) is 2. The van der Waals surface area contributed by atoms with Gasteiger partial charge in [-0.1, -0.05) is 84.6 Å². The number of aromatic nitrogens is 2. The molecule has 4 rings (SSSR count). The lowest BCUT2D eigenvalue weighted by atomic mass is 10.1. The molecule has 0 unspecified atom stereocenters. The predicted molar refractivity (Wildman–Crippen MR) is 148 cm³/mol. The molecule has 0 radical (unpaired) electrons. The highest BCUT2D eigenvalue weighted by Crippen LogP contribution is 2.18. The molecule has 1 aromatic heterocycles. The van der Waals surface area contributed by atoms with Crippen molar-refractivity contribution < 1.29 is 9.59 Å². The Hall–Kier alpha value is -3.91. The minimum atomic E-state index is -0.213. The van der Waals surface area contributed by atoms with Crippen LogP contribution in [-0.2, 0) is 29.0 Å². The van der Waals surface area contributed by atoms with Gasteiger partial charge in [-0.05, 0) is 36.1 Å². The van der Waals surface area contributed by atoms with E-state index >= 15 is 0 Å². The number of amides is 2. The molecule has 0 aliphatic carbocycles. The summed E-state index contributed by atoms with van der Waals surface area (Å²) in [5, 5.41) is 6.76. The first-order valence-electron chi connectivity index (χ1n) is 12.3. The number of carbonyl (C=O) groups excluding carboxylic acids is 2. The zero-order chi connectivity index (χ0) is 25.9. The van der Waals surface area contributed by atoms with E-state index in [1.165, 1.54) is 16.3 Å².